The topological polar surface area (TPSA) is 77.8 Å². The minimum atomic E-state index is -1.05. The van der Waals surface area contributed by atoms with Crippen molar-refractivity contribution in [3.63, 3.8) is 0 Å². The van der Waals surface area contributed by atoms with Gasteiger partial charge in [-0.3, -0.25) is 9.59 Å². The average Bonchev–Trinajstić information content (AvgIpc) is 2.47. The minimum absolute atomic E-state index is 0.0166. The molecule has 1 amide bonds. The highest BCUT2D eigenvalue weighted by Gasteiger charge is 2.38. The molecule has 0 aromatic rings. The van der Waals surface area contributed by atoms with E-state index in [0.29, 0.717) is 19.4 Å². The van der Waals surface area contributed by atoms with Gasteiger partial charge in [0.05, 0.1) is 0 Å². The average molecular weight is 201 g/mol. The predicted octanol–water partition coefficient (Wildman–Crippen LogP) is -0.310. The van der Waals surface area contributed by atoms with Crippen molar-refractivity contribution in [1.29, 1.82) is 0 Å². The normalized spacial score (nSPS) is 24.0. The molecule has 0 saturated carbocycles. The molecule has 0 aromatic carbocycles. The van der Waals surface area contributed by atoms with Crippen molar-refractivity contribution in [2.45, 2.75) is 25.8 Å². The fraction of sp³-hybridized carbons (Fsp3) is 0.778. The standard InChI is InChI=1S/C9H15NO4/c1-6(3-5-11)10-4-2-7(8(10)12)9(13)14/h6-7,11H,2-5H2,1H3,(H,13,14). The number of aliphatic carboxylic acids is 1. The Balaban J connectivity index is 2.59. The summed E-state index contributed by atoms with van der Waals surface area (Å²) in [5.41, 5.74) is 0. The Morgan fingerprint density at radius 1 is 1.71 bits per heavy atom. The number of rotatable bonds is 4. The smallest absolute Gasteiger partial charge is 0.316 e. The van der Waals surface area contributed by atoms with Crippen LogP contribution < -0.4 is 0 Å². The van der Waals surface area contributed by atoms with Crippen molar-refractivity contribution in [2.24, 2.45) is 5.92 Å². The number of carboxylic acids is 1. The number of aliphatic hydroxyl groups excluding tert-OH is 1. The Hall–Kier alpha value is -1.10. The molecular formula is C9H15NO4. The summed E-state index contributed by atoms with van der Waals surface area (Å²) in [6, 6.07) is -0.0724. The van der Waals surface area contributed by atoms with Gasteiger partial charge in [0.2, 0.25) is 5.91 Å². The second-order valence-electron chi connectivity index (χ2n) is 3.57. The molecule has 1 saturated heterocycles. The van der Waals surface area contributed by atoms with Gasteiger partial charge in [0, 0.05) is 19.2 Å². The molecule has 0 aliphatic carbocycles. The first-order valence-electron chi connectivity index (χ1n) is 4.72. The van der Waals surface area contributed by atoms with E-state index in [9.17, 15) is 9.59 Å². The number of hydrogen-bond donors (Lipinski definition) is 2. The summed E-state index contributed by atoms with van der Waals surface area (Å²) in [6.07, 6.45) is 0.877. The molecule has 1 aliphatic heterocycles. The summed E-state index contributed by atoms with van der Waals surface area (Å²) in [5, 5.41) is 17.4. The van der Waals surface area contributed by atoms with Crippen LogP contribution in [0.4, 0.5) is 0 Å². The van der Waals surface area contributed by atoms with Crippen LogP contribution in [0.3, 0.4) is 0 Å². The lowest BCUT2D eigenvalue weighted by Gasteiger charge is -2.23. The monoisotopic (exact) mass is 201 g/mol. The quantitative estimate of drug-likeness (QED) is 0.612. The third-order valence-electron chi connectivity index (χ3n) is 2.62. The van der Waals surface area contributed by atoms with E-state index in [1.54, 1.807) is 0 Å². The van der Waals surface area contributed by atoms with Gasteiger partial charge >= 0.3 is 5.97 Å². The number of amides is 1. The predicted molar refractivity (Wildman–Crippen MR) is 48.6 cm³/mol. The molecule has 14 heavy (non-hydrogen) atoms. The Labute approximate surface area is 82.3 Å². The Kier molecular flexibility index (Phi) is 3.46. The van der Waals surface area contributed by atoms with Gasteiger partial charge in [-0.2, -0.15) is 0 Å². The third-order valence-corrected chi connectivity index (χ3v) is 2.62. The fourth-order valence-corrected chi connectivity index (χ4v) is 1.71. The minimum Gasteiger partial charge on any atom is -0.481 e. The number of hydrogen-bond acceptors (Lipinski definition) is 3. The molecule has 5 nitrogen and oxygen atoms in total. The highest BCUT2D eigenvalue weighted by molar-refractivity contribution is 5.98. The maximum Gasteiger partial charge on any atom is 0.316 e. The molecule has 2 unspecified atom stereocenters. The summed E-state index contributed by atoms with van der Waals surface area (Å²) in [7, 11) is 0. The van der Waals surface area contributed by atoms with Crippen LogP contribution in [0.25, 0.3) is 0 Å². The molecule has 1 rings (SSSR count). The van der Waals surface area contributed by atoms with Gasteiger partial charge < -0.3 is 15.1 Å². The van der Waals surface area contributed by atoms with Crippen molar-refractivity contribution in [1.82, 2.24) is 4.90 Å². The Bertz CT molecular complexity index is 241. The lowest BCUT2D eigenvalue weighted by molar-refractivity contribution is -0.148. The number of carbonyl (C=O) groups is 2. The van der Waals surface area contributed by atoms with Crippen molar-refractivity contribution >= 4 is 11.9 Å². The zero-order chi connectivity index (χ0) is 10.7. The van der Waals surface area contributed by atoms with Gasteiger partial charge in [-0.05, 0) is 19.8 Å². The fourth-order valence-electron chi connectivity index (χ4n) is 1.71. The van der Waals surface area contributed by atoms with Crippen LogP contribution >= 0.6 is 0 Å². The van der Waals surface area contributed by atoms with E-state index in [0.717, 1.165) is 0 Å². The lowest BCUT2D eigenvalue weighted by Crippen LogP contribution is -2.37. The number of aliphatic hydroxyl groups is 1. The summed E-state index contributed by atoms with van der Waals surface area (Å²) in [4.78, 5) is 23.7. The van der Waals surface area contributed by atoms with E-state index in [4.69, 9.17) is 10.2 Å². The van der Waals surface area contributed by atoms with Gasteiger partial charge in [-0.1, -0.05) is 0 Å². The molecular weight excluding hydrogens is 186 g/mol. The van der Waals surface area contributed by atoms with Crippen LogP contribution in [0.1, 0.15) is 19.8 Å². The molecule has 1 heterocycles. The highest BCUT2D eigenvalue weighted by Crippen LogP contribution is 2.21. The zero-order valence-corrected chi connectivity index (χ0v) is 8.14. The van der Waals surface area contributed by atoms with Gasteiger partial charge in [0.1, 0.15) is 5.92 Å². The third kappa shape index (κ3) is 2.04. The Morgan fingerprint density at radius 3 is 2.79 bits per heavy atom. The molecule has 1 fully saturated rings. The van der Waals surface area contributed by atoms with Crippen LogP contribution in [0, 0.1) is 5.92 Å². The molecule has 0 bridgehead atoms. The van der Waals surface area contributed by atoms with E-state index in [1.165, 1.54) is 4.90 Å². The van der Waals surface area contributed by atoms with E-state index in [1.807, 2.05) is 6.92 Å². The number of carboxylic acid groups (broad SMARTS) is 1. The lowest BCUT2D eigenvalue weighted by atomic mass is 10.1. The highest BCUT2D eigenvalue weighted by atomic mass is 16.4. The molecule has 0 radical (unpaired) electrons. The second kappa shape index (κ2) is 4.41. The van der Waals surface area contributed by atoms with Crippen LogP contribution in [0.2, 0.25) is 0 Å². The molecule has 2 atom stereocenters. The molecule has 0 aromatic heterocycles. The van der Waals surface area contributed by atoms with Crippen molar-refractivity contribution in [3.8, 4) is 0 Å². The van der Waals surface area contributed by atoms with Crippen molar-refractivity contribution in [2.75, 3.05) is 13.2 Å². The number of likely N-dealkylation sites (tertiary alicyclic amines) is 1. The van der Waals surface area contributed by atoms with Gasteiger partial charge in [0.15, 0.2) is 0 Å². The first-order valence-corrected chi connectivity index (χ1v) is 4.72. The van der Waals surface area contributed by atoms with Gasteiger partial charge in [0.25, 0.3) is 0 Å². The summed E-state index contributed by atoms with van der Waals surface area (Å²) >= 11 is 0. The maximum absolute atomic E-state index is 11.5. The van der Waals surface area contributed by atoms with Crippen LogP contribution in [0.15, 0.2) is 0 Å². The molecule has 5 heteroatoms. The second-order valence-corrected chi connectivity index (χ2v) is 3.57. The molecule has 1 aliphatic rings. The molecule has 80 valence electrons. The van der Waals surface area contributed by atoms with Crippen molar-refractivity contribution in [3.05, 3.63) is 0 Å². The van der Waals surface area contributed by atoms with E-state index < -0.39 is 11.9 Å². The summed E-state index contributed by atoms with van der Waals surface area (Å²) < 4.78 is 0. The summed E-state index contributed by atoms with van der Waals surface area (Å²) in [5.74, 6) is -2.25. The first kappa shape index (κ1) is 11.0. The van der Waals surface area contributed by atoms with E-state index >= 15 is 0 Å². The molecule has 0 spiro atoms. The Morgan fingerprint density at radius 2 is 2.36 bits per heavy atom. The largest absolute Gasteiger partial charge is 0.481 e. The van der Waals surface area contributed by atoms with Crippen molar-refractivity contribution < 1.29 is 19.8 Å². The maximum atomic E-state index is 11.5. The summed E-state index contributed by atoms with van der Waals surface area (Å²) in [6.45, 7) is 2.32. The SMILES string of the molecule is CC(CCO)N1CCC(C(=O)O)C1=O. The number of nitrogens with zero attached hydrogens (tertiary/aromatic N) is 1. The molecule has 2 N–H and O–H groups in total. The van der Waals surface area contributed by atoms with E-state index in [-0.39, 0.29) is 18.6 Å². The van der Waals surface area contributed by atoms with Gasteiger partial charge in [-0.15, -0.1) is 0 Å². The first-order chi connectivity index (χ1) is 6.57. The van der Waals surface area contributed by atoms with Crippen LogP contribution in [-0.2, 0) is 9.59 Å². The van der Waals surface area contributed by atoms with Crippen LogP contribution in [0.5, 0.6) is 0 Å². The van der Waals surface area contributed by atoms with Crippen LogP contribution in [-0.4, -0.2) is 46.2 Å². The zero-order valence-electron chi connectivity index (χ0n) is 8.14. The van der Waals surface area contributed by atoms with Gasteiger partial charge in [-0.25, -0.2) is 0 Å². The van der Waals surface area contributed by atoms with E-state index in [2.05, 4.69) is 0 Å². The number of carbonyl (C=O) groups excluding carboxylic acids is 1.